The molecular formula is C10H6F3NO4. The molecule has 0 bridgehead atoms. The van der Waals surface area contributed by atoms with Crippen molar-refractivity contribution in [3.8, 4) is 0 Å². The average molecular weight is 261 g/mol. The third kappa shape index (κ3) is 2.36. The smallest absolute Gasteiger partial charge is 0.298 e. The molecule has 5 nitrogen and oxygen atoms in total. The van der Waals surface area contributed by atoms with Gasteiger partial charge in [-0.3, -0.25) is 19.7 Å². The van der Waals surface area contributed by atoms with Gasteiger partial charge in [0.2, 0.25) is 0 Å². The number of ketones is 1. The normalized spacial score (nSPS) is 11.1. The van der Waals surface area contributed by atoms with Crippen LogP contribution in [0.1, 0.15) is 33.2 Å². The molecule has 96 valence electrons. The van der Waals surface area contributed by atoms with Gasteiger partial charge in [-0.1, -0.05) is 0 Å². The van der Waals surface area contributed by atoms with E-state index in [2.05, 4.69) is 0 Å². The summed E-state index contributed by atoms with van der Waals surface area (Å²) in [6, 6.07) is 1.37. The van der Waals surface area contributed by atoms with Crippen LogP contribution < -0.4 is 0 Å². The summed E-state index contributed by atoms with van der Waals surface area (Å²) < 4.78 is 38.3. The first-order valence-electron chi connectivity index (χ1n) is 4.54. The van der Waals surface area contributed by atoms with Crippen LogP contribution in [0.3, 0.4) is 0 Å². The van der Waals surface area contributed by atoms with Crippen LogP contribution in [0.4, 0.5) is 18.9 Å². The zero-order chi connectivity index (χ0) is 14.1. The van der Waals surface area contributed by atoms with E-state index >= 15 is 0 Å². The molecular weight excluding hydrogens is 255 g/mol. The van der Waals surface area contributed by atoms with Crippen molar-refractivity contribution in [2.24, 2.45) is 0 Å². The maximum Gasteiger partial charge on any atom is 0.418 e. The van der Waals surface area contributed by atoms with Gasteiger partial charge in [0.05, 0.1) is 10.5 Å². The van der Waals surface area contributed by atoms with Gasteiger partial charge in [-0.2, -0.15) is 13.2 Å². The first-order chi connectivity index (χ1) is 8.20. The monoisotopic (exact) mass is 261 g/mol. The Morgan fingerprint density at radius 1 is 1.39 bits per heavy atom. The van der Waals surface area contributed by atoms with Gasteiger partial charge in [-0.15, -0.1) is 0 Å². The largest absolute Gasteiger partial charge is 0.418 e. The highest BCUT2D eigenvalue weighted by Gasteiger charge is 2.40. The number of carbonyl (C=O) groups is 2. The van der Waals surface area contributed by atoms with Crippen LogP contribution in [0, 0.1) is 10.1 Å². The molecule has 0 N–H and O–H groups in total. The van der Waals surface area contributed by atoms with E-state index in [1.807, 2.05) is 0 Å². The van der Waals surface area contributed by atoms with Gasteiger partial charge < -0.3 is 0 Å². The summed E-state index contributed by atoms with van der Waals surface area (Å²) in [6.07, 6.45) is -5.12. The van der Waals surface area contributed by atoms with E-state index in [9.17, 15) is 32.9 Å². The van der Waals surface area contributed by atoms with Crippen molar-refractivity contribution in [2.75, 3.05) is 0 Å². The number of hydrogen-bond donors (Lipinski definition) is 0. The fourth-order valence-corrected chi connectivity index (χ4v) is 1.52. The van der Waals surface area contributed by atoms with Crippen molar-refractivity contribution >= 4 is 17.8 Å². The van der Waals surface area contributed by atoms with Crippen LogP contribution in [-0.4, -0.2) is 17.0 Å². The van der Waals surface area contributed by atoms with Crippen LogP contribution in [0.5, 0.6) is 0 Å². The molecule has 1 aromatic rings. The average Bonchev–Trinajstić information content (AvgIpc) is 2.25. The van der Waals surface area contributed by atoms with Crippen LogP contribution in [-0.2, 0) is 6.18 Å². The fourth-order valence-electron chi connectivity index (χ4n) is 1.52. The van der Waals surface area contributed by atoms with E-state index in [0.717, 1.165) is 6.92 Å². The Labute approximate surface area is 98.4 Å². The molecule has 0 saturated carbocycles. The topological polar surface area (TPSA) is 77.3 Å². The number of carbonyl (C=O) groups excluding carboxylic acids is 2. The van der Waals surface area contributed by atoms with Crippen LogP contribution in [0.25, 0.3) is 0 Å². The maximum absolute atomic E-state index is 12.8. The number of nitrogens with zero attached hydrogens (tertiary/aromatic N) is 1. The summed E-state index contributed by atoms with van der Waals surface area (Å²) in [5, 5.41) is 10.6. The lowest BCUT2D eigenvalue weighted by molar-refractivity contribution is -0.385. The van der Waals surface area contributed by atoms with Gasteiger partial charge in [-0.25, -0.2) is 0 Å². The van der Waals surface area contributed by atoms with Crippen molar-refractivity contribution in [2.45, 2.75) is 13.1 Å². The lowest BCUT2D eigenvalue weighted by atomic mass is 9.96. The predicted molar refractivity (Wildman–Crippen MR) is 53.5 cm³/mol. The Hall–Kier alpha value is -2.25. The lowest BCUT2D eigenvalue weighted by Crippen LogP contribution is -2.16. The zero-order valence-electron chi connectivity index (χ0n) is 8.95. The Morgan fingerprint density at radius 3 is 2.28 bits per heavy atom. The van der Waals surface area contributed by atoms with Crippen molar-refractivity contribution in [3.63, 3.8) is 0 Å². The van der Waals surface area contributed by atoms with Gasteiger partial charge in [-0.05, 0) is 13.0 Å². The molecule has 0 unspecified atom stereocenters. The number of benzene rings is 1. The number of nitro benzene ring substituents is 1. The molecule has 0 amide bonds. The van der Waals surface area contributed by atoms with E-state index in [0.29, 0.717) is 12.1 Å². The van der Waals surface area contributed by atoms with E-state index < -0.39 is 39.3 Å². The SMILES string of the molecule is CC(=O)c1c([N+](=O)[O-])ccc(C=O)c1C(F)(F)F. The maximum atomic E-state index is 12.8. The highest BCUT2D eigenvalue weighted by atomic mass is 19.4. The van der Waals surface area contributed by atoms with Gasteiger partial charge in [0.25, 0.3) is 5.69 Å². The van der Waals surface area contributed by atoms with E-state index in [4.69, 9.17) is 0 Å². The molecule has 8 heteroatoms. The first kappa shape index (κ1) is 13.8. The number of halogens is 3. The quantitative estimate of drug-likeness (QED) is 0.362. The predicted octanol–water partition coefficient (Wildman–Crippen LogP) is 2.63. The van der Waals surface area contributed by atoms with Crippen molar-refractivity contribution in [1.82, 2.24) is 0 Å². The molecule has 0 atom stereocenters. The third-order valence-corrected chi connectivity index (χ3v) is 2.17. The van der Waals surface area contributed by atoms with Gasteiger partial charge >= 0.3 is 6.18 Å². The molecule has 0 aromatic heterocycles. The molecule has 1 rings (SSSR count). The zero-order valence-corrected chi connectivity index (χ0v) is 8.95. The molecule has 0 aliphatic carbocycles. The number of nitro groups is 1. The minimum Gasteiger partial charge on any atom is -0.298 e. The second-order valence-corrected chi connectivity index (χ2v) is 3.35. The second kappa shape index (κ2) is 4.55. The summed E-state index contributed by atoms with van der Waals surface area (Å²) in [4.78, 5) is 31.2. The van der Waals surface area contributed by atoms with E-state index in [1.165, 1.54) is 0 Å². The molecule has 0 aliphatic heterocycles. The summed E-state index contributed by atoms with van der Waals surface area (Å²) in [5.41, 5.74) is -4.45. The molecule has 0 aliphatic rings. The number of rotatable bonds is 3. The number of hydrogen-bond acceptors (Lipinski definition) is 4. The molecule has 0 saturated heterocycles. The highest BCUT2D eigenvalue weighted by molar-refractivity contribution is 6.02. The minimum atomic E-state index is -5.02. The highest BCUT2D eigenvalue weighted by Crippen LogP contribution is 2.38. The number of aldehydes is 1. The molecule has 0 heterocycles. The van der Waals surface area contributed by atoms with Crippen LogP contribution >= 0.6 is 0 Å². The Morgan fingerprint density at radius 2 is 1.94 bits per heavy atom. The molecule has 0 fully saturated rings. The van der Waals surface area contributed by atoms with Gasteiger partial charge in [0.1, 0.15) is 5.56 Å². The van der Waals surface area contributed by atoms with Crippen molar-refractivity contribution < 1.29 is 27.7 Å². The van der Waals surface area contributed by atoms with E-state index in [-0.39, 0.29) is 6.29 Å². The number of Topliss-reactive ketones (excluding diaryl/α,β-unsaturated/α-hetero) is 1. The summed E-state index contributed by atoms with van der Waals surface area (Å²) >= 11 is 0. The van der Waals surface area contributed by atoms with Crippen LogP contribution in [0.15, 0.2) is 12.1 Å². The Kier molecular flexibility index (Phi) is 3.49. The summed E-state index contributed by atoms with van der Waals surface area (Å²) in [6.45, 7) is 0.770. The van der Waals surface area contributed by atoms with Gasteiger partial charge in [0.15, 0.2) is 12.1 Å². The third-order valence-electron chi connectivity index (χ3n) is 2.17. The van der Waals surface area contributed by atoms with Gasteiger partial charge in [0, 0.05) is 11.6 Å². The molecule has 0 spiro atoms. The summed E-state index contributed by atoms with van der Waals surface area (Å²) in [7, 11) is 0. The van der Waals surface area contributed by atoms with Crippen molar-refractivity contribution in [3.05, 3.63) is 38.9 Å². The van der Waals surface area contributed by atoms with Crippen molar-refractivity contribution in [1.29, 1.82) is 0 Å². The molecule has 18 heavy (non-hydrogen) atoms. The fraction of sp³-hybridized carbons (Fsp3) is 0.200. The standard InChI is InChI=1S/C10H6F3NO4/c1-5(16)8-7(14(17)18)3-2-6(4-15)9(8)10(11,12)13/h2-4H,1H3. The number of alkyl halides is 3. The first-order valence-corrected chi connectivity index (χ1v) is 4.54. The van der Waals surface area contributed by atoms with E-state index in [1.54, 1.807) is 0 Å². The summed E-state index contributed by atoms with van der Waals surface area (Å²) in [5.74, 6) is -1.13. The Bertz CT molecular complexity index is 537. The minimum absolute atomic E-state index is 0.0982. The second-order valence-electron chi connectivity index (χ2n) is 3.35. The lowest BCUT2D eigenvalue weighted by Gasteiger charge is -2.13. The Balaban J connectivity index is 3.82. The van der Waals surface area contributed by atoms with Crippen LogP contribution in [0.2, 0.25) is 0 Å². The molecule has 0 radical (unpaired) electrons. The molecule has 1 aromatic carbocycles.